The summed E-state index contributed by atoms with van der Waals surface area (Å²) in [6.07, 6.45) is -0.735. The number of hydrogen-bond donors (Lipinski definition) is 2. The Kier molecular flexibility index (Phi) is 5.91. The van der Waals surface area contributed by atoms with Crippen LogP contribution in [-0.4, -0.2) is 56.9 Å². The van der Waals surface area contributed by atoms with E-state index in [9.17, 15) is 15.2 Å². The van der Waals surface area contributed by atoms with Gasteiger partial charge in [0.15, 0.2) is 0 Å². The summed E-state index contributed by atoms with van der Waals surface area (Å²) in [6.45, 7) is 2.31. The van der Waals surface area contributed by atoms with Crippen molar-refractivity contribution in [1.82, 2.24) is 5.43 Å². The number of aliphatic hydroxyl groups excluding tert-OH is 1. The topological polar surface area (TPSA) is 107 Å². The first kappa shape index (κ1) is 16.7. The Hall–Kier alpha value is -2.63. The Bertz CT molecular complexity index is 633. The zero-order valence-electron chi connectivity index (χ0n) is 12.8. The first-order chi connectivity index (χ1) is 11.2. The fourth-order valence-corrected chi connectivity index (χ4v) is 2.24. The smallest absolute Gasteiger partial charge is 0.427 e. The van der Waals surface area contributed by atoms with Crippen molar-refractivity contribution in [2.45, 2.75) is 0 Å². The lowest BCUT2D eigenvalue weighted by atomic mass is 10.0. The maximum absolute atomic E-state index is 11.1. The van der Waals surface area contributed by atoms with E-state index >= 15 is 0 Å². The minimum Gasteiger partial charge on any atom is -0.452 e. The molecule has 0 saturated carbocycles. The molecule has 0 unspecified atom stereocenters. The number of carbonyl (C=O) groups excluding carboxylic acids is 1. The Labute approximate surface area is 133 Å². The highest BCUT2D eigenvalue weighted by atomic mass is 16.5. The molecule has 1 saturated heterocycles. The number of hydrazone groups is 1. The van der Waals surface area contributed by atoms with Gasteiger partial charge in [-0.15, -0.1) is 0 Å². The normalized spacial score (nSPS) is 15.0. The lowest BCUT2D eigenvalue weighted by molar-refractivity contribution is 0.122. The number of nitrogens with zero attached hydrogens (tertiary/aromatic N) is 3. The molecule has 2 rings (SSSR count). The van der Waals surface area contributed by atoms with Crippen LogP contribution in [0.2, 0.25) is 0 Å². The molecule has 8 nitrogen and oxygen atoms in total. The molecule has 1 amide bonds. The van der Waals surface area contributed by atoms with E-state index in [0.717, 1.165) is 18.8 Å². The quantitative estimate of drug-likeness (QED) is 0.616. The van der Waals surface area contributed by atoms with Gasteiger partial charge < -0.3 is 19.5 Å². The van der Waals surface area contributed by atoms with Crippen LogP contribution in [0.15, 0.2) is 23.3 Å². The fraction of sp³-hybridized carbons (Fsp3) is 0.400. The van der Waals surface area contributed by atoms with Crippen LogP contribution in [0.1, 0.15) is 11.1 Å². The maximum Gasteiger partial charge on any atom is 0.427 e. The molecule has 0 radical (unpaired) electrons. The van der Waals surface area contributed by atoms with Gasteiger partial charge in [0.05, 0.1) is 43.9 Å². The second kappa shape index (κ2) is 8.12. The van der Waals surface area contributed by atoms with Gasteiger partial charge in [-0.3, -0.25) is 0 Å². The Balaban J connectivity index is 2.26. The van der Waals surface area contributed by atoms with Gasteiger partial charge in [-0.1, -0.05) is 6.07 Å². The summed E-state index contributed by atoms with van der Waals surface area (Å²) in [6, 6.07) is 7.35. The standard InChI is InChI=1S/C15H18N4O4/c1-22-15(21)18-17-13(10-20)11-2-3-14(12(8-11)9-16)19-4-6-23-7-5-19/h2-3,8,20H,4-7,10H2,1H3,(H,18,21)/b17-13-. The van der Waals surface area contributed by atoms with Crippen LogP contribution >= 0.6 is 0 Å². The monoisotopic (exact) mass is 318 g/mol. The SMILES string of the molecule is COC(=O)N/N=C(/CO)c1ccc(N2CCOCC2)c(C#N)c1. The molecular weight excluding hydrogens is 300 g/mol. The number of amides is 1. The van der Waals surface area contributed by atoms with Crippen LogP contribution in [0.25, 0.3) is 0 Å². The molecule has 0 atom stereocenters. The Morgan fingerprint density at radius 2 is 2.26 bits per heavy atom. The van der Waals surface area contributed by atoms with Crippen molar-refractivity contribution in [3.05, 3.63) is 29.3 Å². The first-order valence-electron chi connectivity index (χ1n) is 7.08. The number of hydrogen-bond acceptors (Lipinski definition) is 7. The molecule has 8 heteroatoms. The molecule has 1 aromatic rings. The average Bonchev–Trinajstić information content (AvgIpc) is 2.62. The van der Waals surface area contributed by atoms with Gasteiger partial charge in [-0.25, -0.2) is 10.2 Å². The third-order valence-corrected chi connectivity index (χ3v) is 3.42. The van der Waals surface area contributed by atoms with E-state index in [1.165, 1.54) is 7.11 Å². The van der Waals surface area contributed by atoms with E-state index < -0.39 is 6.09 Å². The van der Waals surface area contributed by atoms with Crippen molar-refractivity contribution >= 4 is 17.5 Å². The number of nitriles is 1. The van der Waals surface area contributed by atoms with Crippen LogP contribution in [0.5, 0.6) is 0 Å². The van der Waals surface area contributed by atoms with Crippen LogP contribution in [0.3, 0.4) is 0 Å². The molecule has 1 aromatic carbocycles. The van der Waals surface area contributed by atoms with Crippen molar-refractivity contribution in [1.29, 1.82) is 5.26 Å². The molecule has 1 fully saturated rings. The molecule has 2 N–H and O–H groups in total. The van der Waals surface area contributed by atoms with E-state index in [1.807, 2.05) is 6.07 Å². The minimum absolute atomic E-state index is 0.237. The van der Waals surface area contributed by atoms with Gasteiger partial charge in [-0.2, -0.15) is 10.4 Å². The van der Waals surface area contributed by atoms with Crippen LogP contribution in [-0.2, 0) is 9.47 Å². The van der Waals surface area contributed by atoms with Crippen molar-refractivity contribution < 1.29 is 19.4 Å². The summed E-state index contributed by atoms with van der Waals surface area (Å²) in [5.74, 6) is 0. The summed E-state index contributed by atoms with van der Waals surface area (Å²) in [5, 5.41) is 22.6. The number of nitrogens with one attached hydrogen (secondary N) is 1. The predicted molar refractivity (Wildman–Crippen MR) is 83.4 cm³/mol. The average molecular weight is 318 g/mol. The van der Waals surface area contributed by atoms with Crippen LogP contribution in [0.4, 0.5) is 10.5 Å². The lowest BCUT2D eigenvalue weighted by Gasteiger charge is -2.29. The van der Waals surface area contributed by atoms with Crippen LogP contribution < -0.4 is 10.3 Å². The maximum atomic E-state index is 11.1. The molecule has 1 aliphatic rings. The number of ether oxygens (including phenoxy) is 2. The number of morpholine rings is 1. The number of rotatable bonds is 4. The van der Waals surface area contributed by atoms with Gasteiger partial charge in [0.2, 0.25) is 0 Å². The van der Waals surface area contributed by atoms with Gasteiger partial charge in [0, 0.05) is 18.7 Å². The number of aliphatic hydroxyl groups is 1. The summed E-state index contributed by atoms with van der Waals surface area (Å²) < 4.78 is 9.72. The van der Waals surface area contributed by atoms with Crippen molar-refractivity contribution in [3.8, 4) is 6.07 Å². The Morgan fingerprint density at radius 1 is 1.52 bits per heavy atom. The first-order valence-corrected chi connectivity index (χ1v) is 7.08. The van der Waals surface area contributed by atoms with Crippen molar-refractivity contribution in [2.24, 2.45) is 5.10 Å². The molecule has 0 aliphatic carbocycles. The second-order valence-corrected chi connectivity index (χ2v) is 4.76. The van der Waals surface area contributed by atoms with E-state index in [4.69, 9.17) is 4.74 Å². The van der Waals surface area contributed by atoms with Crippen molar-refractivity contribution in [2.75, 3.05) is 44.9 Å². The molecule has 0 bridgehead atoms. The zero-order valence-corrected chi connectivity index (χ0v) is 12.8. The van der Waals surface area contributed by atoms with Crippen LogP contribution in [0, 0.1) is 11.3 Å². The molecular formula is C15H18N4O4. The number of methoxy groups -OCH3 is 1. The molecule has 1 heterocycles. The van der Waals surface area contributed by atoms with Crippen molar-refractivity contribution in [3.63, 3.8) is 0 Å². The van der Waals surface area contributed by atoms with Gasteiger partial charge in [0.1, 0.15) is 6.07 Å². The third-order valence-electron chi connectivity index (χ3n) is 3.42. The van der Waals surface area contributed by atoms with Gasteiger partial charge >= 0.3 is 6.09 Å². The number of benzene rings is 1. The van der Waals surface area contributed by atoms with Gasteiger partial charge in [0.25, 0.3) is 0 Å². The molecule has 122 valence electrons. The second-order valence-electron chi connectivity index (χ2n) is 4.76. The Morgan fingerprint density at radius 3 is 2.87 bits per heavy atom. The number of anilines is 1. The van der Waals surface area contributed by atoms with E-state index in [0.29, 0.717) is 24.3 Å². The highest BCUT2D eigenvalue weighted by Gasteiger charge is 2.16. The zero-order chi connectivity index (χ0) is 16.7. The summed E-state index contributed by atoms with van der Waals surface area (Å²) in [7, 11) is 1.22. The van der Waals surface area contributed by atoms with Gasteiger partial charge in [-0.05, 0) is 12.1 Å². The molecule has 0 spiro atoms. The predicted octanol–water partition coefficient (Wildman–Crippen LogP) is 0.447. The third kappa shape index (κ3) is 4.18. The highest BCUT2D eigenvalue weighted by Crippen LogP contribution is 2.22. The van der Waals surface area contributed by atoms with E-state index in [-0.39, 0.29) is 12.3 Å². The largest absolute Gasteiger partial charge is 0.452 e. The molecule has 0 aromatic heterocycles. The summed E-state index contributed by atoms with van der Waals surface area (Å²) >= 11 is 0. The molecule has 23 heavy (non-hydrogen) atoms. The number of carbonyl (C=O) groups is 1. The lowest BCUT2D eigenvalue weighted by Crippen LogP contribution is -2.36. The summed E-state index contributed by atoms with van der Waals surface area (Å²) in [4.78, 5) is 13.1. The minimum atomic E-state index is -0.735. The van der Waals surface area contributed by atoms with E-state index in [1.54, 1.807) is 12.1 Å². The highest BCUT2D eigenvalue weighted by molar-refractivity contribution is 6.02. The van der Waals surface area contributed by atoms with E-state index in [2.05, 4.69) is 26.2 Å². The fourth-order valence-electron chi connectivity index (χ4n) is 2.24. The summed E-state index contributed by atoms with van der Waals surface area (Å²) in [5.41, 5.74) is 4.24. The molecule has 1 aliphatic heterocycles.